The van der Waals surface area contributed by atoms with E-state index in [0.29, 0.717) is 32.7 Å². The van der Waals surface area contributed by atoms with E-state index in [1.807, 2.05) is 20.8 Å². The van der Waals surface area contributed by atoms with Crippen LogP contribution in [0.2, 0.25) is 0 Å². The topological polar surface area (TPSA) is 46.2 Å². The highest BCUT2D eigenvalue weighted by Gasteiger charge is 2.41. The molecule has 0 aromatic rings. The normalized spacial score (nSPS) is 20.5. The molecule has 1 saturated heterocycles. The van der Waals surface area contributed by atoms with Crippen LogP contribution >= 0.6 is 0 Å². The zero-order valence-electron chi connectivity index (χ0n) is 11.8. The zero-order valence-corrected chi connectivity index (χ0v) is 12.8. The van der Waals surface area contributed by atoms with Gasteiger partial charge in [-0.15, -0.1) is 0 Å². The Hall–Kier alpha value is 0.0169. The number of hydrogen-bond acceptors (Lipinski definition) is 5. The van der Waals surface area contributed by atoms with E-state index in [1.54, 1.807) is 0 Å². The van der Waals surface area contributed by atoms with Crippen molar-refractivity contribution in [3.8, 4) is 0 Å². The van der Waals surface area contributed by atoms with Gasteiger partial charge in [-0.1, -0.05) is 0 Å². The molecule has 0 amide bonds. The molecule has 0 radical (unpaired) electrons. The molecule has 0 aliphatic carbocycles. The Morgan fingerprint density at radius 1 is 1.06 bits per heavy atom. The van der Waals surface area contributed by atoms with Crippen molar-refractivity contribution < 1.29 is 22.8 Å². The van der Waals surface area contributed by atoms with E-state index in [9.17, 15) is 0 Å². The second-order valence-corrected chi connectivity index (χ2v) is 6.65. The minimum atomic E-state index is -2.65. The van der Waals surface area contributed by atoms with Gasteiger partial charge in [0, 0.05) is 26.4 Å². The SMILES string of the molecule is CCO[Si](COCC1CCCO1)(OCC)OCC. The molecule has 0 bridgehead atoms. The molecule has 0 aromatic heterocycles. The van der Waals surface area contributed by atoms with E-state index in [0.717, 1.165) is 19.4 Å². The molecule has 6 heteroatoms. The summed E-state index contributed by atoms with van der Waals surface area (Å²) in [5.41, 5.74) is 0. The van der Waals surface area contributed by atoms with Gasteiger partial charge in [0.15, 0.2) is 0 Å². The molecule has 1 aliphatic heterocycles. The molecule has 1 aliphatic rings. The molecule has 1 fully saturated rings. The summed E-state index contributed by atoms with van der Waals surface area (Å²) < 4.78 is 28.3. The summed E-state index contributed by atoms with van der Waals surface area (Å²) in [7, 11) is -2.65. The maximum Gasteiger partial charge on any atom is 0.528 e. The molecule has 0 aromatic carbocycles. The lowest BCUT2D eigenvalue weighted by Crippen LogP contribution is -2.51. The van der Waals surface area contributed by atoms with Gasteiger partial charge in [0.2, 0.25) is 0 Å². The number of hydrogen-bond donors (Lipinski definition) is 0. The Morgan fingerprint density at radius 2 is 1.67 bits per heavy atom. The standard InChI is InChI=1S/C12H26O5Si/c1-4-15-18(16-5-2,17-6-3)11-13-10-12-8-7-9-14-12/h12H,4-11H2,1-3H3. The first-order valence-electron chi connectivity index (χ1n) is 6.87. The van der Waals surface area contributed by atoms with Gasteiger partial charge in [-0.05, 0) is 33.6 Å². The average Bonchev–Trinajstić information content (AvgIpc) is 2.83. The first-order valence-corrected chi connectivity index (χ1v) is 8.80. The second kappa shape index (κ2) is 9.01. The third-order valence-electron chi connectivity index (χ3n) is 2.70. The highest BCUT2D eigenvalue weighted by Crippen LogP contribution is 2.15. The lowest BCUT2D eigenvalue weighted by molar-refractivity contribution is -0.00477. The van der Waals surface area contributed by atoms with Crippen LogP contribution in [0, 0.1) is 0 Å². The van der Waals surface area contributed by atoms with Crippen LogP contribution in [0.15, 0.2) is 0 Å². The molecule has 5 nitrogen and oxygen atoms in total. The first kappa shape index (κ1) is 16.1. The lowest BCUT2D eigenvalue weighted by Gasteiger charge is -2.28. The molecule has 0 spiro atoms. The second-order valence-electron chi connectivity index (χ2n) is 4.13. The summed E-state index contributed by atoms with van der Waals surface area (Å²) in [5.74, 6) is 0. The molecule has 1 atom stereocenters. The molecule has 18 heavy (non-hydrogen) atoms. The monoisotopic (exact) mass is 278 g/mol. The largest absolute Gasteiger partial charge is 0.528 e. The summed E-state index contributed by atoms with van der Waals surface area (Å²) >= 11 is 0. The van der Waals surface area contributed by atoms with Crippen molar-refractivity contribution >= 4 is 8.80 Å². The van der Waals surface area contributed by atoms with Crippen LogP contribution in [0.4, 0.5) is 0 Å². The van der Waals surface area contributed by atoms with Crippen molar-refractivity contribution in [1.82, 2.24) is 0 Å². The van der Waals surface area contributed by atoms with Gasteiger partial charge in [0.05, 0.1) is 12.7 Å². The Kier molecular flexibility index (Phi) is 8.04. The van der Waals surface area contributed by atoms with Crippen LogP contribution in [0.5, 0.6) is 0 Å². The van der Waals surface area contributed by atoms with E-state index < -0.39 is 8.80 Å². The van der Waals surface area contributed by atoms with Gasteiger partial charge in [-0.2, -0.15) is 0 Å². The van der Waals surface area contributed by atoms with Crippen LogP contribution in [-0.2, 0) is 22.8 Å². The summed E-state index contributed by atoms with van der Waals surface area (Å²) in [5, 5.41) is 0. The number of rotatable bonds is 10. The third kappa shape index (κ3) is 5.34. The highest BCUT2D eigenvalue weighted by molar-refractivity contribution is 6.60. The Balaban J connectivity index is 2.37. The fourth-order valence-electron chi connectivity index (χ4n) is 2.00. The molecule has 1 rings (SSSR count). The van der Waals surface area contributed by atoms with Crippen molar-refractivity contribution in [2.45, 2.75) is 39.7 Å². The van der Waals surface area contributed by atoms with Crippen molar-refractivity contribution in [1.29, 1.82) is 0 Å². The molecule has 1 heterocycles. The first-order chi connectivity index (χ1) is 8.76. The van der Waals surface area contributed by atoms with Crippen LogP contribution < -0.4 is 0 Å². The average molecular weight is 278 g/mol. The van der Waals surface area contributed by atoms with Crippen molar-refractivity contribution in [3.05, 3.63) is 0 Å². The number of ether oxygens (including phenoxy) is 2. The van der Waals surface area contributed by atoms with Gasteiger partial charge >= 0.3 is 8.80 Å². The van der Waals surface area contributed by atoms with E-state index in [2.05, 4.69) is 0 Å². The van der Waals surface area contributed by atoms with Crippen LogP contribution in [0.25, 0.3) is 0 Å². The predicted octanol–water partition coefficient (Wildman–Crippen LogP) is 1.77. The minimum absolute atomic E-state index is 0.224. The van der Waals surface area contributed by atoms with Crippen LogP contribution in [-0.4, -0.2) is 54.2 Å². The van der Waals surface area contributed by atoms with Crippen LogP contribution in [0.1, 0.15) is 33.6 Å². The lowest BCUT2D eigenvalue weighted by atomic mass is 10.2. The quantitative estimate of drug-likeness (QED) is 0.570. The smallest absolute Gasteiger partial charge is 0.376 e. The molecule has 108 valence electrons. The maximum absolute atomic E-state index is 5.70. The molecular weight excluding hydrogens is 252 g/mol. The van der Waals surface area contributed by atoms with Crippen molar-refractivity contribution in [2.75, 3.05) is 39.3 Å². The Morgan fingerprint density at radius 3 is 2.11 bits per heavy atom. The fraction of sp³-hybridized carbons (Fsp3) is 1.00. The summed E-state index contributed by atoms with van der Waals surface area (Å²) in [6.07, 6.45) is 2.83. The van der Waals surface area contributed by atoms with Crippen LogP contribution in [0.3, 0.4) is 0 Å². The Bertz CT molecular complexity index is 192. The predicted molar refractivity (Wildman–Crippen MR) is 70.4 cm³/mol. The van der Waals surface area contributed by atoms with E-state index in [-0.39, 0.29) is 6.10 Å². The van der Waals surface area contributed by atoms with E-state index in [1.165, 1.54) is 0 Å². The van der Waals surface area contributed by atoms with Gasteiger partial charge in [-0.25, -0.2) is 0 Å². The van der Waals surface area contributed by atoms with Gasteiger partial charge in [0.1, 0.15) is 6.23 Å². The molecule has 0 saturated carbocycles. The minimum Gasteiger partial charge on any atom is -0.376 e. The van der Waals surface area contributed by atoms with Gasteiger partial charge < -0.3 is 22.8 Å². The van der Waals surface area contributed by atoms with Gasteiger partial charge in [0.25, 0.3) is 0 Å². The van der Waals surface area contributed by atoms with E-state index in [4.69, 9.17) is 22.8 Å². The summed E-state index contributed by atoms with van der Waals surface area (Å²) in [6, 6.07) is 0. The summed E-state index contributed by atoms with van der Waals surface area (Å²) in [6.45, 7) is 9.01. The highest BCUT2D eigenvalue weighted by atomic mass is 28.4. The maximum atomic E-state index is 5.70. The fourth-order valence-corrected chi connectivity index (χ4v) is 4.19. The van der Waals surface area contributed by atoms with Crippen molar-refractivity contribution in [3.63, 3.8) is 0 Å². The third-order valence-corrected chi connectivity index (χ3v) is 5.44. The summed E-state index contributed by atoms with van der Waals surface area (Å²) in [4.78, 5) is 0. The molecule has 1 unspecified atom stereocenters. The molecule has 0 N–H and O–H groups in total. The molecular formula is C12H26O5Si. The van der Waals surface area contributed by atoms with Crippen molar-refractivity contribution in [2.24, 2.45) is 0 Å². The van der Waals surface area contributed by atoms with E-state index >= 15 is 0 Å². The Labute approximate surface area is 111 Å². The van der Waals surface area contributed by atoms with Gasteiger partial charge in [-0.3, -0.25) is 0 Å². The zero-order chi connectivity index (χ0) is 13.3.